The van der Waals surface area contributed by atoms with Gasteiger partial charge in [-0.2, -0.15) is 0 Å². The summed E-state index contributed by atoms with van der Waals surface area (Å²) in [6.45, 7) is 9.50. The lowest BCUT2D eigenvalue weighted by molar-refractivity contribution is -0.385. The van der Waals surface area contributed by atoms with Crippen LogP contribution in [0.15, 0.2) is 30.4 Å². The average Bonchev–Trinajstić information content (AvgIpc) is 2.36. The second-order valence-electron chi connectivity index (χ2n) is 4.40. The van der Waals surface area contributed by atoms with Crippen LogP contribution in [-0.4, -0.2) is 18.1 Å². The summed E-state index contributed by atoms with van der Waals surface area (Å²) in [6, 6.07) is 5.05. The molecule has 0 saturated heterocycles. The molecule has 0 radical (unpaired) electrons. The Hall–Kier alpha value is -1.88. The summed E-state index contributed by atoms with van der Waals surface area (Å²) in [6.07, 6.45) is 0.691. The molecule has 5 heteroatoms. The van der Waals surface area contributed by atoms with E-state index in [4.69, 9.17) is 4.74 Å². The second kappa shape index (κ2) is 7.53. The number of nitrogens with one attached hydrogen (secondary N) is 1. The highest BCUT2D eigenvalue weighted by molar-refractivity contribution is 5.48. The van der Waals surface area contributed by atoms with E-state index in [0.717, 1.165) is 17.7 Å². The van der Waals surface area contributed by atoms with Crippen molar-refractivity contribution in [3.05, 3.63) is 46.0 Å². The van der Waals surface area contributed by atoms with Gasteiger partial charge in [0, 0.05) is 19.0 Å². The van der Waals surface area contributed by atoms with E-state index in [-0.39, 0.29) is 5.69 Å². The molecule has 0 aliphatic carbocycles. The van der Waals surface area contributed by atoms with Crippen LogP contribution in [0.5, 0.6) is 5.75 Å². The summed E-state index contributed by atoms with van der Waals surface area (Å²) in [7, 11) is 0. The summed E-state index contributed by atoms with van der Waals surface area (Å²) in [5.41, 5.74) is 1.88. The molecular weight excluding hydrogens is 244 g/mol. The van der Waals surface area contributed by atoms with E-state index < -0.39 is 4.92 Å². The van der Waals surface area contributed by atoms with Crippen LogP contribution in [0.25, 0.3) is 0 Å². The molecule has 0 bridgehead atoms. The Balaban J connectivity index is 2.79. The molecule has 1 rings (SSSR count). The van der Waals surface area contributed by atoms with Crippen molar-refractivity contribution in [3.8, 4) is 5.75 Å². The van der Waals surface area contributed by atoms with Crippen LogP contribution in [-0.2, 0) is 6.54 Å². The lowest BCUT2D eigenvalue weighted by atomic mass is 10.2. The van der Waals surface area contributed by atoms with Crippen molar-refractivity contribution in [3.63, 3.8) is 0 Å². The molecule has 0 amide bonds. The number of nitrogens with zero attached hydrogens (tertiary/aromatic N) is 1. The number of nitro benzene ring substituents is 1. The van der Waals surface area contributed by atoms with Crippen molar-refractivity contribution >= 4 is 5.69 Å². The Morgan fingerprint density at radius 2 is 2.26 bits per heavy atom. The largest absolute Gasteiger partial charge is 0.486 e. The quantitative estimate of drug-likeness (QED) is 0.445. The molecule has 19 heavy (non-hydrogen) atoms. The van der Waals surface area contributed by atoms with Gasteiger partial charge >= 0.3 is 5.69 Å². The van der Waals surface area contributed by atoms with E-state index in [1.54, 1.807) is 12.1 Å². The molecule has 0 unspecified atom stereocenters. The van der Waals surface area contributed by atoms with Gasteiger partial charge in [-0.15, -0.1) is 6.58 Å². The maximum absolute atomic E-state index is 11.0. The normalized spacial score (nSPS) is 10.2. The van der Waals surface area contributed by atoms with Gasteiger partial charge in [-0.05, 0) is 25.1 Å². The minimum absolute atomic E-state index is 0.0112. The van der Waals surface area contributed by atoms with Crippen molar-refractivity contribution in [2.24, 2.45) is 0 Å². The van der Waals surface area contributed by atoms with E-state index in [2.05, 4.69) is 11.9 Å². The van der Waals surface area contributed by atoms with Gasteiger partial charge in [0.05, 0.1) is 11.5 Å². The van der Waals surface area contributed by atoms with Gasteiger partial charge in [-0.25, -0.2) is 0 Å². The Morgan fingerprint density at radius 3 is 2.84 bits per heavy atom. The van der Waals surface area contributed by atoms with Gasteiger partial charge in [-0.1, -0.05) is 18.6 Å². The maximum Gasteiger partial charge on any atom is 0.311 e. The fourth-order valence-corrected chi connectivity index (χ4v) is 1.54. The minimum Gasteiger partial charge on any atom is -0.486 e. The van der Waals surface area contributed by atoms with Gasteiger partial charge in [-0.3, -0.25) is 10.1 Å². The summed E-state index contributed by atoms with van der Waals surface area (Å²) in [4.78, 5) is 10.6. The minimum atomic E-state index is -0.411. The van der Waals surface area contributed by atoms with E-state index in [0.29, 0.717) is 25.3 Å². The first kappa shape index (κ1) is 15.2. The topological polar surface area (TPSA) is 64.4 Å². The Labute approximate surface area is 113 Å². The first-order chi connectivity index (χ1) is 9.04. The molecule has 0 spiro atoms. The number of benzene rings is 1. The number of nitro groups is 1. The zero-order valence-corrected chi connectivity index (χ0v) is 11.4. The third kappa shape index (κ3) is 5.09. The highest BCUT2D eigenvalue weighted by Gasteiger charge is 2.15. The number of rotatable bonds is 8. The predicted molar refractivity (Wildman–Crippen MR) is 75.4 cm³/mol. The highest BCUT2D eigenvalue weighted by atomic mass is 16.6. The molecule has 1 aromatic carbocycles. The molecule has 1 aromatic rings. The molecule has 1 N–H and O–H groups in total. The summed E-state index contributed by atoms with van der Waals surface area (Å²) >= 11 is 0. The highest BCUT2D eigenvalue weighted by Crippen LogP contribution is 2.28. The van der Waals surface area contributed by atoms with Crippen LogP contribution in [0.1, 0.15) is 25.8 Å². The Bertz CT molecular complexity index is 458. The van der Waals surface area contributed by atoms with Crippen LogP contribution in [0.2, 0.25) is 0 Å². The van der Waals surface area contributed by atoms with Crippen LogP contribution in [0.4, 0.5) is 5.69 Å². The fourth-order valence-electron chi connectivity index (χ4n) is 1.54. The predicted octanol–water partition coefficient (Wildman–Crippen LogP) is 3.05. The van der Waals surface area contributed by atoms with E-state index in [1.165, 1.54) is 0 Å². The van der Waals surface area contributed by atoms with Crippen LogP contribution in [0.3, 0.4) is 0 Å². The fraction of sp³-hybridized carbons (Fsp3) is 0.429. The van der Waals surface area contributed by atoms with Crippen molar-refractivity contribution in [1.82, 2.24) is 5.32 Å². The molecule has 0 atom stereocenters. The smallest absolute Gasteiger partial charge is 0.311 e. The summed E-state index contributed by atoms with van der Waals surface area (Å²) < 4.78 is 5.45. The molecule has 0 aliphatic rings. The van der Waals surface area contributed by atoms with E-state index >= 15 is 0 Å². The lowest BCUT2D eigenvalue weighted by Gasteiger charge is -2.08. The zero-order chi connectivity index (χ0) is 14.3. The number of hydrogen-bond acceptors (Lipinski definition) is 4. The van der Waals surface area contributed by atoms with Crippen molar-refractivity contribution < 1.29 is 9.66 Å². The molecule has 0 saturated carbocycles. The van der Waals surface area contributed by atoms with Crippen LogP contribution >= 0.6 is 0 Å². The molecule has 5 nitrogen and oxygen atoms in total. The zero-order valence-electron chi connectivity index (χ0n) is 11.4. The molecule has 0 heterocycles. The van der Waals surface area contributed by atoms with Gasteiger partial charge < -0.3 is 10.1 Å². The molecule has 0 aromatic heterocycles. The monoisotopic (exact) mass is 264 g/mol. The molecule has 0 fully saturated rings. The van der Waals surface area contributed by atoms with Crippen LogP contribution < -0.4 is 10.1 Å². The second-order valence-corrected chi connectivity index (χ2v) is 4.40. The third-order valence-electron chi connectivity index (χ3n) is 2.59. The third-order valence-corrected chi connectivity index (χ3v) is 2.59. The molecule has 0 aliphatic heterocycles. The number of ether oxygens (including phenoxy) is 1. The van der Waals surface area contributed by atoms with Crippen LogP contribution in [0, 0.1) is 10.1 Å². The lowest BCUT2D eigenvalue weighted by Crippen LogP contribution is -2.12. The van der Waals surface area contributed by atoms with Crippen molar-refractivity contribution in [2.75, 3.05) is 13.2 Å². The van der Waals surface area contributed by atoms with Gasteiger partial charge in [0.15, 0.2) is 5.75 Å². The van der Waals surface area contributed by atoms with Gasteiger partial charge in [0.25, 0.3) is 0 Å². The summed E-state index contributed by atoms with van der Waals surface area (Å²) in [5, 5.41) is 14.2. The van der Waals surface area contributed by atoms with Crippen molar-refractivity contribution in [1.29, 1.82) is 0 Å². The number of hydrogen-bond donors (Lipinski definition) is 1. The SMILES string of the molecule is C=C(C)CCOc1ccc(CNCC)cc1[N+](=O)[O-]. The average molecular weight is 264 g/mol. The standard InChI is InChI=1S/C14H20N2O3/c1-4-15-10-12-5-6-14(13(9-12)16(17)18)19-8-7-11(2)3/h5-6,9,15H,2,4,7-8,10H2,1,3H3. The van der Waals surface area contributed by atoms with Crippen molar-refractivity contribution in [2.45, 2.75) is 26.8 Å². The van der Waals surface area contributed by atoms with E-state index in [9.17, 15) is 10.1 Å². The van der Waals surface area contributed by atoms with E-state index in [1.807, 2.05) is 19.9 Å². The summed E-state index contributed by atoms with van der Waals surface area (Å²) in [5.74, 6) is 0.312. The molecule has 104 valence electrons. The van der Waals surface area contributed by atoms with Gasteiger partial charge in [0.2, 0.25) is 0 Å². The Morgan fingerprint density at radius 1 is 1.53 bits per heavy atom. The maximum atomic E-state index is 11.0. The van der Waals surface area contributed by atoms with Gasteiger partial charge in [0.1, 0.15) is 0 Å². The molecular formula is C14H20N2O3. The first-order valence-electron chi connectivity index (χ1n) is 6.29. The Kier molecular flexibility index (Phi) is 6.02. The first-order valence-corrected chi connectivity index (χ1v) is 6.29.